The molecule has 0 atom stereocenters. The topological polar surface area (TPSA) is 111 Å². The van der Waals surface area contributed by atoms with E-state index in [1.165, 1.54) is 13.0 Å². The van der Waals surface area contributed by atoms with Crippen LogP contribution in [0.1, 0.15) is 5.82 Å². The van der Waals surface area contributed by atoms with Crippen LogP contribution < -0.4 is 10.5 Å². The molecule has 7 nitrogen and oxygen atoms in total. The molecule has 0 aliphatic rings. The van der Waals surface area contributed by atoms with Gasteiger partial charge in [0, 0.05) is 5.69 Å². The maximum absolute atomic E-state index is 13.5. The number of aromatic nitrogens is 2. The van der Waals surface area contributed by atoms with Crippen molar-refractivity contribution < 1.29 is 17.3 Å². The number of nitrogens with two attached hydrogens (primary N) is 1. The van der Waals surface area contributed by atoms with Gasteiger partial charge in [-0.25, -0.2) is 17.5 Å². The molecule has 0 spiro atoms. The summed E-state index contributed by atoms with van der Waals surface area (Å²) in [4.78, 5) is 3.10. The van der Waals surface area contributed by atoms with Crippen LogP contribution in [0.2, 0.25) is 0 Å². The molecule has 18 heavy (non-hydrogen) atoms. The van der Waals surface area contributed by atoms with Gasteiger partial charge in [-0.15, -0.1) is 0 Å². The van der Waals surface area contributed by atoms with E-state index < -0.39 is 20.7 Å². The van der Waals surface area contributed by atoms with E-state index in [0.717, 1.165) is 12.1 Å². The maximum atomic E-state index is 13.5. The molecule has 96 valence electrons. The summed E-state index contributed by atoms with van der Waals surface area (Å²) in [5.41, 5.74) is 5.46. The highest BCUT2D eigenvalue weighted by Crippen LogP contribution is 2.19. The van der Waals surface area contributed by atoms with Crippen LogP contribution in [0.3, 0.4) is 0 Å². The minimum Gasteiger partial charge on any atom is -0.399 e. The highest BCUT2D eigenvalue weighted by Gasteiger charge is 2.21. The molecule has 0 fully saturated rings. The molecule has 2 aromatic rings. The molecular formula is C9H9FN4O3S. The van der Waals surface area contributed by atoms with Crippen LogP contribution in [0.5, 0.6) is 0 Å². The number of nitrogens with zero attached hydrogens (tertiary/aromatic N) is 2. The van der Waals surface area contributed by atoms with Gasteiger partial charge in [-0.2, -0.15) is 4.98 Å². The van der Waals surface area contributed by atoms with Gasteiger partial charge in [-0.1, -0.05) is 5.16 Å². The number of halogens is 1. The molecule has 1 aromatic carbocycles. The lowest BCUT2D eigenvalue weighted by Gasteiger charge is -2.05. The van der Waals surface area contributed by atoms with E-state index >= 15 is 0 Å². The largest absolute Gasteiger partial charge is 0.399 e. The van der Waals surface area contributed by atoms with Crippen molar-refractivity contribution in [3.8, 4) is 0 Å². The zero-order valence-corrected chi connectivity index (χ0v) is 10.0. The molecule has 2 rings (SSSR count). The Morgan fingerprint density at radius 2 is 2.17 bits per heavy atom. The number of nitrogens with one attached hydrogen (secondary N) is 1. The molecule has 0 saturated heterocycles. The molecule has 0 saturated carbocycles. The van der Waals surface area contributed by atoms with Crippen LogP contribution in [0.4, 0.5) is 16.1 Å². The van der Waals surface area contributed by atoms with E-state index in [-0.39, 0.29) is 17.5 Å². The Morgan fingerprint density at radius 1 is 1.44 bits per heavy atom. The second kappa shape index (κ2) is 4.26. The molecule has 0 bridgehead atoms. The zero-order valence-electron chi connectivity index (χ0n) is 9.21. The molecule has 3 N–H and O–H groups in total. The van der Waals surface area contributed by atoms with Crippen molar-refractivity contribution in [2.75, 3.05) is 10.5 Å². The van der Waals surface area contributed by atoms with Crippen molar-refractivity contribution in [1.82, 2.24) is 10.1 Å². The normalized spacial score (nSPS) is 11.4. The highest BCUT2D eigenvalue weighted by atomic mass is 32.2. The summed E-state index contributed by atoms with van der Waals surface area (Å²) in [7, 11) is -4.12. The minimum atomic E-state index is -4.12. The number of aryl methyl sites for hydroxylation is 1. The van der Waals surface area contributed by atoms with Crippen LogP contribution in [-0.2, 0) is 10.0 Å². The first kappa shape index (κ1) is 12.3. The Kier molecular flexibility index (Phi) is 2.91. The summed E-state index contributed by atoms with van der Waals surface area (Å²) in [6, 6.07) is 2.91. The average molecular weight is 272 g/mol. The number of hydrogen-bond acceptors (Lipinski definition) is 6. The fraction of sp³-hybridized carbons (Fsp3) is 0.111. The van der Waals surface area contributed by atoms with Gasteiger partial charge in [-0.3, -0.25) is 0 Å². The first-order chi connectivity index (χ1) is 8.38. The summed E-state index contributed by atoms with van der Waals surface area (Å²) in [6.07, 6.45) is 0. The Morgan fingerprint density at radius 3 is 2.72 bits per heavy atom. The first-order valence-electron chi connectivity index (χ1n) is 4.76. The fourth-order valence-corrected chi connectivity index (χ4v) is 2.23. The van der Waals surface area contributed by atoms with Gasteiger partial charge >= 0.3 is 6.01 Å². The fourth-order valence-electron chi connectivity index (χ4n) is 1.24. The second-order valence-electron chi connectivity index (χ2n) is 3.44. The summed E-state index contributed by atoms with van der Waals surface area (Å²) in [5.74, 6) is -0.704. The summed E-state index contributed by atoms with van der Waals surface area (Å²) >= 11 is 0. The van der Waals surface area contributed by atoms with Crippen molar-refractivity contribution >= 4 is 21.7 Å². The minimum absolute atomic E-state index is 0.125. The number of rotatable bonds is 3. The number of benzene rings is 1. The van der Waals surface area contributed by atoms with E-state index in [0.29, 0.717) is 0 Å². The first-order valence-corrected chi connectivity index (χ1v) is 6.25. The zero-order chi connectivity index (χ0) is 13.3. The second-order valence-corrected chi connectivity index (χ2v) is 5.09. The van der Waals surface area contributed by atoms with Crippen molar-refractivity contribution in [3.05, 3.63) is 29.8 Å². The van der Waals surface area contributed by atoms with Gasteiger partial charge < -0.3 is 10.3 Å². The molecule has 0 aliphatic carbocycles. The highest BCUT2D eigenvalue weighted by molar-refractivity contribution is 7.92. The van der Waals surface area contributed by atoms with E-state index in [1.54, 1.807) is 0 Å². The SMILES string of the molecule is Cc1noc(NS(=O)(=O)c2ccc(N)cc2F)n1. The van der Waals surface area contributed by atoms with Crippen LogP contribution in [0.15, 0.2) is 27.6 Å². The third kappa shape index (κ3) is 2.40. The van der Waals surface area contributed by atoms with Crippen LogP contribution in [0.25, 0.3) is 0 Å². The number of anilines is 2. The van der Waals surface area contributed by atoms with E-state index in [1.807, 2.05) is 4.72 Å². The molecule has 1 aromatic heterocycles. The number of nitrogen functional groups attached to an aromatic ring is 1. The van der Waals surface area contributed by atoms with Gasteiger partial charge in [0.1, 0.15) is 10.7 Å². The van der Waals surface area contributed by atoms with E-state index in [9.17, 15) is 12.8 Å². The van der Waals surface area contributed by atoms with Gasteiger partial charge in [0.05, 0.1) is 0 Å². The smallest absolute Gasteiger partial charge is 0.335 e. The molecule has 0 radical (unpaired) electrons. The van der Waals surface area contributed by atoms with Crippen molar-refractivity contribution in [2.24, 2.45) is 0 Å². The summed E-state index contributed by atoms with van der Waals surface area (Å²) in [6.45, 7) is 1.52. The lowest BCUT2D eigenvalue weighted by Crippen LogP contribution is -2.15. The maximum Gasteiger partial charge on any atom is 0.335 e. The van der Waals surface area contributed by atoms with Crippen molar-refractivity contribution in [1.29, 1.82) is 0 Å². The van der Waals surface area contributed by atoms with E-state index in [4.69, 9.17) is 5.73 Å². The lowest BCUT2D eigenvalue weighted by atomic mass is 10.3. The monoisotopic (exact) mass is 272 g/mol. The van der Waals surface area contributed by atoms with Crippen LogP contribution in [0, 0.1) is 12.7 Å². The Hall–Kier alpha value is -2.16. The standard InChI is InChI=1S/C9H9FN4O3S/c1-5-12-9(17-13-5)14-18(15,16)8-3-2-6(11)4-7(8)10/h2-4H,11H2,1H3,(H,12,13,14). The van der Waals surface area contributed by atoms with Crippen molar-refractivity contribution in [2.45, 2.75) is 11.8 Å². The van der Waals surface area contributed by atoms with Gasteiger partial charge in [0.2, 0.25) is 0 Å². The third-order valence-electron chi connectivity index (χ3n) is 1.99. The number of sulfonamides is 1. The predicted octanol–water partition coefficient (Wildman–Crippen LogP) is 0.900. The molecule has 1 heterocycles. The van der Waals surface area contributed by atoms with Gasteiger partial charge in [0.25, 0.3) is 10.0 Å². The Bertz CT molecular complexity index is 683. The van der Waals surface area contributed by atoms with Crippen LogP contribution >= 0.6 is 0 Å². The molecule has 0 unspecified atom stereocenters. The Labute approximate surface area is 102 Å². The quantitative estimate of drug-likeness (QED) is 0.803. The van der Waals surface area contributed by atoms with Gasteiger partial charge in [-0.05, 0) is 25.1 Å². The summed E-state index contributed by atoms with van der Waals surface area (Å²) < 4.78 is 43.7. The molecule has 0 aliphatic heterocycles. The third-order valence-corrected chi connectivity index (χ3v) is 3.35. The van der Waals surface area contributed by atoms with E-state index in [2.05, 4.69) is 14.7 Å². The van der Waals surface area contributed by atoms with Crippen molar-refractivity contribution in [3.63, 3.8) is 0 Å². The Balaban J connectivity index is 2.36. The van der Waals surface area contributed by atoms with Gasteiger partial charge in [0.15, 0.2) is 5.82 Å². The lowest BCUT2D eigenvalue weighted by molar-refractivity contribution is 0.429. The average Bonchev–Trinajstić information content (AvgIpc) is 2.62. The predicted molar refractivity (Wildman–Crippen MR) is 60.7 cm³/mol. The summed E-state index contributed by atoms with van der Waals surface area (Å²) in [5, 5.41) is 3.40. The molecule has 9 heteroatoms. The number of hydrogen-bond donors (Lipinski definition) is 2. The molecule has 0 amide bonds. The van der Waals surface area contributed by atoms with Crippen LogP contribution in [-0.4, -0.2) is 18.6 Å². The molecular weight excluding hydrogens is 263 g/mol.